The molecule has 1 N–H and O–H groups in total. The van der Waals surface area contributed by atoms with E-state index in [1.165, 1.54) is 19.2 Å². The van der Waals surface area contributed by atoms with Gasteiger partial charge in [0.15, 0.2) is 5.65 Å². The smallest absolute Gasteiger partial charge is 0.252 e. The lowest BCUT2D eigenvalue weighted by Gasteiger charge is -2.38. The van der Waals surface area contributed by atoms with Crippen molar-refractivity contribution in [1.29, 1.82) is 0 Å². The Morgan fingerprint density at radius 3 is 2.94 bits per heavy atom. The van der Waals surface area contributed by atoms with Crippen LogP contribution in [0.5, 0.6) is 0 Å². The molecule has 1 aliphatic heterocycles. The SMILES string of the molecule is Cc1cc2ncnn2cc1Nc1ncc2c(n1)c(N1CCOCC1C1CC1)cc(=O)n2C. The van der Waals surface area contributed by atoms with Gasteiger partial charge in [-0.2, -0.15) is 5.10 Å². The second kappa shape index (κ2) is 7.27. The molecule has 1 atom stereocenters. The summed E-state index contributed by atoms with van der Waals surface area (Å²) in [5, 5.41) is 7.52. The van der Waals surface area contributed by atoms with Gasteiger partial charge >= 0.3 is 0 Å². The molecule has 4 aromatic rings. The van der Waals surface area contributed by atoms with Crippen LogP contribution in [0.1, 0.15) is 18.4 Å². The summed E-state index contributed by atoms with van der Waals surface area (Å²) < 4.78 is 9.07. The number of aromatic nitrogens is 6. The van der Waals surface area contributed by atoms with Crippen molar-refractivity contribution in [3.8, 4) is 0 Å². The van der Waals surface area contributed by atoms with Crippen LogP contribution in [0.2, 0.25) is 0 Å². The minimum Gasteiger partial charge on any atom is -0.377 e. The van der Waals surface area contributed by atoms with Crippen LogP contribution in [0.3, 0.4) is 0 Å². The van der Waals surface area contributed by atoms with Crippen LogP contribution in [0.4, 0.5) is 17.3 Å². The van der Waals surface area contributed by atoms with Crippen molar-refractivity contribution in [2.24, 2.45) is 13.0 Å². The number of morpholine rings is 1. The summed E-state index contributed by atoms with van der Waals surface area (Å²) in [5.41, 5.74) is 4.90. The van der Waals surface area contributed by atoms with Crippen molar-refractivity contribution >= 4 is 34.0 Å². The van der Waals surface area contributed by atoms with Crippen LogP contribution >= 0.6 is 0 Å². The van der Waals surface area contributed by atoms with Gasteiger partial charge in [-0.3, -0.25) is 4.79 Å². The molecule has 10 heteroatoms. The van der Waals surface area contributed by atoms with Crippen LogP contribution in [-0.4, -0.2) is 54.9 Å². The maximum atomic E-state index is 12.7. The molecular formula is C22H24N8O2. The minimum absolute atomic E-state index is 0.0645. The average molecular weight is 432 g/mol. The quantitative estimate of drug-likeness (QED) is 0.523. The van der Waals surface area contributed by atoms with E-state index < -0.39 is 0 Å². The average Bonchev–Trinajstić information content (AvgIpc) is 3.55. The first-order chi connectivity index (χ1) is 15.6. The Morgan fingerprint density at radius 2 is 2.09 bits per heavy atom. The Kier molecular flexibility index (Phi) is 4.35. The zero-order valence-corrected chi connectivity index (χ0v) is 18.0. The Balaban J connectivity index is 1.45. The van der Waals surface area contributed by atoms with Gasteiger partial charge in [0.25, 0.3) is 5.56 Å². The highest BCUT2D eigenvalue weighted by atomic mass is 16.5. The molecule has 5 heterocycles. The van der Waals surface area contributed by atoms with Gasteiger partial charge < -0.3 is 19.5 Å². The first-order valence-corrected chi connectivity index (χ1v) is 10.9. The zero-order chi connectivity index (χ0) is 21.8. The number of nitrogens with one attached hydrogen (secondary N) is 1. The highest BCUT2D eigenvalue weighted by molar-refractivity contribution is 5.89. The predicted octanol–water partition coefficient (Wildman–Crippen LogP) is 2.04. The van der Waals surface area contributed by atoms with E-state index in [0.717, 1.165) is 34.6 Å². The largest absolute Gasteiger partial charge is 0.377 e. The van der Waals surface area contributed by atoms with E-state index in [9.17, 15) is 4.79 Å². The van der Waals surface area contributed by atoms with E-state index in [0.29, 0.717) is 30.6 Å². The number of aryl methyl sites for hydroxylation is 2. The molecule has 2 aliphatic rings. The summed E-state index contributed by atoms with van der Waals surface area (Å²) in [4.78, 5) is 28.6. The standard InChI is InChI=1S/C22H24N8O2/c1-13-7-19-24-12-25-30(19)10-15(13)26-22-23-9-17-21(27-22)16(8-20(31)28(17)2)29-5-6-32-11-18(29)14-3-4-14/h7-10,12,14,18H,3-6,11H2,1-2H3,(H,23,26,27). The Bertz CT molecular complexity index is 1390. The molecule has 1 aliphatic carbocycles. The minimum atomic E-state index is -0.0645. The first kappa shape index (κ1) is 19.2. The Hall–Kier alpha value is -3.53. The normalized spacial score (nSPS) is 19.1. The Labute approximate surface area is 183 Å². The van der Waals surface area contributed by atoms with E-state index in [-0.39, 0.29) is 11.6 Å². The van der Waals surface area contributed by atoms with Gasteiger partial charge in [0.1, 0.15) is 11.8 Å². The van der Waals surface area contributed by atoms with Crippen molar-refractivity contribution in [1.82, 2.24) is 29.1 Å². The van der Waals surface area contributed by atoms with Crippen molar-refractivity contribution in [3.05, 3.63) is 46.8 Å². The molecule has 0 amide bonds. The maximum absolute atomic E-state index is 12.7. The highest BCUT2D eigenvalue weighted by Crippen LogP contribution is 2.39. The number of rotatable bonds is 4. The number of ether oxygens (including phenoxy) is 1. The van der Waals surface area contributed by atoms with Gasteiger partial charge in [-0.1, -0.05) is 0 Å². The molecule has 0 aromatic carbocycles. The van der Waals surface area contributed by atoms with Gasteiger partial charge in [-0.25, -0.2) is 19.5 Å². The fourth-order valence-electron chi connectivity index (χ4n) is 4.49. The summed E-state index contributed by atoms with van der Waals surface area (Å²) >= 11 is 0. The van der Waals surface area contributed by atoms with Crippen molar-refractivity contribution in [3.63, 3.8) is 0 Å². The fourth-order valence-corrected chi connectivity index (χ4v) is 4.49. The van der Waals surface area contributed by atoms with Crippen molar-refractivity contribution < 1.29 is 4.74 Å². The second-order valence-electron chi connectivity index (χ2n) is 8.59. The number of hydrogen-bond donors (Lipinski definition) is 1. The molecule has 0 spiro atoms. The van der Waals surface area contributed by atoms with Crippen LogP contribution in [-0.2, 0) is 11.8 Å². The number of nitrogens with zero attached hydrogens (tertiary/aromatic N) is 7. The molecule has 1 saturated carbocycles. The molecule has 1 unspecified atom stereocenters. The molecule has 10 nitrogen and oxygen atoms in total. The van der Waals surface area contributed by atoms with Gasteiger partial charge in [0.05, 0.1) is 48.5 Å². The van der Waals surface area contributed by atoms with E-state index in [1.54, 1.807) is 28.4 Å². The van der Waals surface area contributed by atoms with Crippen molar-refractivity contribution in [2.45, 2.75) is 25.8 Å². The molecule has 4 aromatic heterocycles. The van der Waals surface area contributed by atoms with Crippen LogP contribution in [0.15, 0.2) is 35.6 Å². The maximum Gasteiger partial charge on any atom is 0.252 e. The van der Waals surface area contributed by atoms with Gasteiger partial charge in [-0.05, 0) is 37.3 Å². The highest BCUT2D eigenvalue weighted by Gasteiger charge is 2.38. The Morgan fingerprint density at radius 1 is 1.22 bits per heavy atom. The summed E-state index contributed by atoms with van der Waals surface area (Å²) in [5.74, 6) is 1.09. The molecule has 6 rings (SSSR count). The summed E-state index contributed by atoms with van der Waals surface area (Å²) in [6, 6.07) is 3.94. The molecule has 0 bridgehead atoms. The van der Waals surface area contributed by atoms with E-state index in [2.05, 4.69) is 25.3 Å². The van der Waals surface area contributed by atoms with E-state index in [4.69, 9.17) is 9.72 Å². The molecule has 0 radical (unpaired) electrons. The summed E-state index contributed by atoms with van der Waals surface area (Å²) in [7, 11) is 1.76. The second-order valence-corrected chi connectivity index (χ2v) is 8.59. The predicted molar refractivity (Wildman–Crippen MR) is 120 cm³/mol. The number of fused-ring (bicyclic) bond motifs is 2. The van der Waals surface area contributed by atoms with Gasteiger partial charge in [0, 0.05) is 19.7 Å². The third-order valence-corrected chi connectivity index (χ3v) is 6.47. The molecule has 2 fully saturated rings. The fraction of sp³-hybridized carbons (Fsp3) is 0.409. The van der Waals surface area contributed by atoms with Crippen molar-refractivity contribution in [2.75, 3.05) is 30.0 Å². The third kappa shape index (κ3) is 3.18. The lowest BCUT2D eigenvalue weighted by Crippen LogP contribution is -2.47. The third-order valence-electron chi connectivity index (χ3n) is 6.47. The molecular weight excluding hydrogens is 408 g/mol. The van der Waals surface area contributed by atoms with Gasteiger partial charge in [-0.15, -0.1) is 0 Å². The number of anilines is 3. The van der Waals surface area contributed by atoms with E-state index >= 15 is 0 Å². The van der Waals surface area contributed by atoms with E-state index in [1.807, 2.05) is 19.2 Å². The lowest BCUT2D eigenvalue weighted by atomic mass is 10.1. The van der Waals surface area contributed by atoms with Gasteiger partial charge in [0.2, 0.25) is 5.95 Å². The number of hydrogen-bond acceptors (Lipinski definition) is 8. The summed E-state index contributed by atoms with van der Waals surface area (Å²) in [6.07, 6.45) is 7.53. The first-order valence-electron chi connectivity index (χ1n) is 10.9. The van der Waals surface area contributed by atoms with Crippen LogP contribution in [0, 0.1) is 12.8 Å². The molecule has 32 heavy (non-hydrogen) atoms. The topological polar surface area (TPSA) is 102 Å². The monoisotopic (exact) mass is 432 g/mol. The summed E-state index contributed by atoms with van der Waals surface area (Å²) in [6.45, 7) is 4.08. The van der Waals surface area contributed by atoms with Crippen LogP contribution in [0.25, 0.3) is 16.7 Å². The molecule has 164 valence electrons. The number of pyridine rings is 2. The zero-order valence-electron chi connectivity index (χ0n) is 18.0. The van der Waals surface area contributed by atoms with Crippen LogP contribution < -0.4 is 15.8 Å². The molecule has 1 saturated heterocycles. The lowest BCUT2D eigenvalue weighted by molar-refractivity contribution is 0.0880.